The van der Waals surface area contributed by atoms with Crippen molar-refractivity contribution in [2.45, 2.75) is 38.4 Å². The SMILES string of the molecule is C=C/C=C1\CC=C2c3nc(C)ccc3CC(CCN3CC(F)C3)N21. The third-order valence-corrected chi connectivity index (χ3v) is 5.26. The van der Waals surface area contributed by atoms with Crippen molar-refractivity contribution < 1.29 is 4.39 Å². The molecule has 0 N–H and O–H groups in total. The van der Waals surface area contributed by atoms with E-state index in [0.717, 1.165) is 37.2 Å². The molecule has 1 aromatic heterocycles. The van der Waals surface area contributed by atoms with Crippen molar-refractivity contribution >= 4 is 5.70 Å². The third-order valence-electron chi connectivity index (χ3n) is 5.26. The number of alkyl halides is 1. The van der Waals surface area contributed by atoms with Crippen molar-refractivity contribution in [1.82, 2.24) is 14.8 Å². The fraction of sp³-hybridized carbons (Fsp3) is 0.450. The molecule has 126 valence electrons. The summed E-state index contributed by atoms with van der Waals surface area (Å²) in [6.45, 7) is 8.07. The second-order valence-corrected chi connectivity index (χ2v) is 7.02. The van der Waals surface area contributed by atoms with E-state index < -0.39 is 6.17 Å². The van der Waals surface area contributed by atoms with Crippen LogP contribution in [0.2, 0.25) is 0 Å². The Hall–Kier alpha value is -1.94. The van der Waals surface area contributed by atoms with Gasteiger partial charge in [0.15, 0.2) is 0 Å². The second-order valence-electron chi connectivity index (χ2n) is 7.02. The van der Waals surface area contributed by atoms with Crippen molar-refractivity contribution in [3.05, 3.63) is 59.6 Å². The largest absolute Gasteiger partial charge is 0.340 e. The molecule has 1 aromatic rings. The van der Waals surface area contributed by atoms with Crippen LogP contribution in [0.15, 0.2) is 42.6 Å². The Morgan fingerprint density at radius 2 is 2.21 bits per heavy atom. The fourth-order valence-electron chi connectivity index (χ4n) is 4.05. The predicted molar refractivity (Wildman–Crippen MR) is 95.1 cm³/mol. The molecule has 3 aliphatic rings. The van der Waals surface area contributed by atoms with E-state index in [2.05, 4.69) is 40.7 Å². The lowest BCUT2D eigenvalue weighted by Crippen LogP contribution is -2.50. The molecule has 0 saturated carbocycles. The minimum absolute atomic E-state index is 0.417. The van der Waals surface area contributed by atoms with Crippen LogP contribution in [0.5, 0.6) is 0 Å². The molecule has 1 fully saturated rings. The van der Waals surface area contributed by atoms with Crippen LogP contribution in [0.25, 0.3) is 5.70 Å². The van der Waals surface area contributed by atoms with E-state index >= 15 is 0 Å². The Labute approximate surface area is 143 Å². The van der Waals surface area contributed by atoms with Crippen LogP contribution in [0, 0.1) is 6.92 Å². The van der Waals surface area contributed by atoms with Gasteiger partial charge in [-0.05, 0) is 37.5 Å². The van der Waals surface area contributed by atoms with Gasteiger partial charge in [-0.1, -0.05) is 24.8 Å². The van der Waals surface area contributed by atoms with Crippen LogP contribution in [0.3, 0.4) is 0 Å². The quantitative estimate of drug-likeness (QED) is 0.845. The number of hydrogen-bond donors (Lipinski definition) is 0. The molecular weight excluding hydrogens is 301 g/mol. The van der Waals surface area contributed by atoms with Gasteiger partial charge in [0, 0.05) is 43.5 Å². The zero-order chi connectivity index (χ0) is 16.7. The van der Waals surface area contributed by atoms with Gasteiger partial charge < -0.3 is 4.90 Å². The van der Waals surface area contributed by atoms with Gasteiger partial charge in [0.1, 0.15) is 6.17 Å². The molecule has 3 nitrogen and oxygen atoms in total. The van der Waals surface area contributed by atoms with Crippen LogP contribution < -0.4 is 0 Å². The molecule has 0 bridgehead atoms. The summed E-state index contributed by atoms with van der Waals surface area (Å²) in [6.07, 6.45) is 8.62. The molecule has 24 heavy (non-hydrogen) atoms. The maximum atomic E-state index is 13.1. The molecule has 1 saturated heterocycles. The zero-order valence-corrected chi connectivity index (χ0v) is 14.2. The minimum atomic E-state index is -0.622. The number of pyridine rings is 1. The van der Waals surface area contributed by atoms with Gasteiger partial charge in [0.25, 0.3) is 0 Å². The van der Waals surface area contributed by atoms with Gasteiger partial charge in [-0.15, -0.1) is 0 Å². The number of halogens is 1. The highest BCUT2D eigenvalue weighted by Gasteiger charge is 2.36. The number of fused-ring (bicyclic) bond motifs is 3. The summed E-state index contributed by atoms with van der Waals surface area (Å²) in [4.78, 5) is 9.45. The van der Waals surface area contributed by atoms with Crippen LogP contribution >= 0.6 is 0 Å². The van der Waals surface area contributed by atoms with Gasteiger partial charge in [-0.25, -0.2) is 4.39 Å². The van der Waals surface area contributed by atoms with E-state index in [1.165, 1.54) is 17.0 Å². The van der Waals surface area contributed by atoms with E-state index in [-0.39, 0.29) is 0 Å². The monoisotopic (exact) mass is 325 g/mol. The highest BCUT2D eigenvalue weighted by Crippen LogP contribution is 2.41. The lowest BCUT2D eigenvalue weighted by molar-refractivity contribution is 0.0594. The molecular formula is C20H24FN3. The number of aromatic nitrogens is 1. The molecule has 4 heterocycles. The maximum absolute atomic E-state index is 13.1. The first-order chi connectivity index (χ1) is 11.7. The van der Waals surface area contributed by atoms with Crippen LogP contribution in [0.1, 0.15) is 29.8 Å². The molecule has 4 heteroatoms. The summed E-state index contributed by atoms with van der Waals surface area (Å²) in [5, 5.41) is 0. The second kappa shape index (κ2) is 6.17. The lowest BCUT2D eigenvalue weighted by atomic mass is 9.93. The maximum Gasteiger partial charge on any atom is 0.125 e. The van der Waals surface area contributed by atoms with Crippen LogP contribution in [0.4, 0.5) is 4.39 Å². The van der Waals surface area contributed by atoms with E-state index in [1.54, 1.807) is 0 Å². The first kappa shape index (κ1) is 15.6. The molecule has 3 aliphatic heterocycles. The van der Waals surface area contributed by atoms with Gasteiger partial charge in [0.05, 0.1) is 11.4 Å². The standard InChI is InChI=1S/C20H24FN3/c1-3-4-17-7-8-19-20-15(6-5-14(2)22-20)11-18(24(17)19)9-10-23-12-16(21)13-23/h3-6,8,16,18H,1,7,9-13H2,2H3/b17-4+. The average molecular weight is 325 g/mol. The third kappa shape index (κ3) is 2.69. The van der Waals surface area contributed by atoms with Crippen LogP contribution in [-0.2, 0) is 6.42 Å². The number of nitrogens with zero attached hydrogens (tertiary/aromatic N) is 3. The Balaban J connectivity index is 1.61. The Morgan fingerprint density at radius 3 is 2.96 bits per heavy atom. The topological polar surface area (TPSA) is 19.4 Å². The Bertz CT molecular complexity index is 716. The van der Waals surface area contributed by atoms with Crippen molar-refractivity contribution in [2.75, 3.05) is 19.6 Å². The number of hydrogen-bond acceptors (Lipinski definition) is 3. The molecule has 0 radical (unpaired) electrons. The van der Waals surface area contributed by atoms with E-state index in [1.807, 2.05) is 13.0 Å². The first-order valence-corrected chi connectivity index (χ1v) is 8.80. The van der Waals surface area contributed by atoms with Crippen molar-refractivity contribution in [1.29, 1.82) is 0 Å². The molecule has 4 rings (SSSR count). The summed E-state index contributed by atoms with van der Waals surface area (Å²) in [6, 6.07) is 4.74. The lowest BCUT2D eigenvalue weighted by Gasteiger charge is -2.41. The minimum Gasteiger partial charge on any atom is -0.340 e. The number of likely N-dealkylation sites (tertiary alicyclic amines) is 1. The highest BCUT2D eigenvalue weighted by atomic mass is 19.1. The summed E-state index contributed by atoms with van der Waals surface area (Å²) in [5.74, 6) is 0. The first-order valence-electron chi connectivity index (χ1n) is 8.80. The number of allylic oxidation sites excluding steroid dienone is 3. The molecule has 1 atom stereocenters. The van der Waals surface area contributed by atoms with Crippen molar-refractivity contribution in [3.8, 4) is 0 Å². The summed E-state index contributed by atoms with van der Waals surface area (Å²) >= 11 is 0. The predicted octanol–water partition coefficient (Wildman–Crippen LogP) is 3.48. The van der Waals surface area contributed by atoms with Gasteiger partial charge in [-0.2, -0.15) is 0 Å². The fourth-order valence-corrected chi connectivity index (χ4v) is 4.05. The van der Waals surface area contributed by atoms with E-state index in [0.29, 0.717) is 19.1 Å². The summed E-state index contributed by atoms with van der Waals surface area (Å²) < 4.78 is 13.1. The summed E-state index contributed by atoms with van der Waals surface area (Å²) in [5.41, 5.74) is 6.06. The highest BCUT2D eigenvalue weighted by molar-refractivity contribution is 5.71. The van der Waals surface area contributed by atoms with E-state index in [4.69, 9.17) is 4.98 Å². The Kier molecular flexibility index (Phi) is 4.01. The normalized spacial score (nSPS) is 25.2. The van der Waals surface area contributed by atoms with Crippen LogP contribution in [-0.4, -0.2) is 46.6 Å². The van der Waals surface area contributed by atoms with Crippen molar-refractivity contribution in [2.24, 2.45) is 0 Å². The van der Waals surface area contributed by atoms with E-state index in [9.17, 15) is 4.39 Å². The molecule has 0 amide bonds. The smallest absolute Gasteiger partial charge is 0.125 e. The van der Waals surface area contributed by atoms with Gasteiger partial charge in [0.2, 0.25) is 0 Å². The molecule has 0 aliphatic carbocycles. The Morgan fingerprint density at radius 1 is 1.38 bits per heavy atom. The average Bonchev–Trinajstić information content (AvgIpc) is 2.95. The van der Waals surface area contributed by atoms with Gasteiger partial charge >= 0.3 is 0 Å². The van der Waals surface area contributed by atoms with Gasteiger partial charge in [-0.3, -0.25) is 9.88 Å². The number of rotatable bonds is 4. The molecule has 1 unspecified atom stereocenters. The zero-order valence-electron chi connectivity index (χ0n) is 14.2. The molecule has 0 spiro atoms. The molecule has 0 aromatic carbocycles. The number of aryl methyl sites for hydroxylation is 1. The van der Waals surface area contributed by atoms with Crippen molar-refractivity contribution in [3.63, 3.8) is 0 Å². The summed E-state index contributed by atoms with van der Waals surface area (Å²) in [7, 11) is 0.